The molecule has 1 aliphatic rings. The number of pyridine rings is 4. The van der Waals surface area contributed by atoms with Gasteiger partial charge in [-0.15, -0.1) is 0 Å². The van der Waals surface area contributed by atoms with Gasteiger partial charge < -0.3 is 51.6 Å². The first-order chi connectivity index (χ1) is 51.3. The van der Waals surface area contributed by atoms with E-state index in [1.807, 2.05) is 50.3 Å². The van der Waals surface area contributed by atoms with Crippen molar-refractivity contribution in [1.82, 2.24) is 49.3 Å². The molecule has 24 nitrogen and oxygen atoms in total. The summed E-state index contributed by atoms with van der Waals surface area (Å²) in [6.07, 6.45) is 9.68. The molecule has 37 heteroatoms. The minimum atomic E-state index is -2.78. The van der Waals surface area contributed by atoms with Gasteiger partial charge in [0.1, 0.15) is 46.5 Å². The molecule has 1 fully saturated rings. The van der Waals surface area contributed by atoms with Crippen molar-refractivity contribution >= 4 is 98.3 Å². The van der Waals surface area contributed by atoms with Gasteiger partial charge >= 0.3 is 50.6 Å². The Labute approximate surface area is 637 Å². The predicted octanol–water partition coefficient (Wildman–Crippen LogP) is 15.3. The number of aryl methyl sites for hydroxylation is 3. The van der Waals surface area contributed by atoms with Crippen LogP contribution in [0.1, 0.15) is 106 Å². The van der Waals surface area contributed by atoms with Gasteiger partial charge in [-0.25, -0.2) is 70.7 Å². The molecule has 109 heavy (non-hydrogen) atoms. The van der Waals surface area contributed by atoms with Gasteiger partial charge in [-0.2, -0.15) is 41.6 Å². The number of carbonyl (C=O) groups is 4. The fraction of sp³-hybridized carbons (Fsp3) is 0.208. The van der Waals surface area contributed by atoms with Crippen LogP contribution in [0.15, 0.2) is 145 Å². The monoisotopic (exact) mass is 1690 g/mol. The van der Waals surface area contributed by atoms with Gasteiger partial charge in [0.15, 0.2) is 0 Å². The van der Waals surface area contributed by atoms with Crippen LogP contribution in [0.2, 0.25) is 0 Å². The van der Waals surface area contributed by atoms with Gasteiger partial charge in [0.25, 0.3) is 0 Å². The Kier molecular flexibility index (Phi) is 26.9. The van der Waals surface area contributed by atoms with Gasteiger partial charge in [0.05, 0.1) is 75.4 Å². The van der Waals surface area contributed by atoms with E-state index in [1.54, 1.807) is 69.6 Å². The Morgan fingerprint density at radius 3 is 1.07 bits per heavy atom. The number of rotatable bonds is 14. The van der Waals surface area contributed by atoms with Gasteiger partial charge in [-0.1, -0.05) is 24.3 Å². The topological polar surface area (TPSA) is 344 Å². The normalized spacial score (nSPS) is 12.6. The molecule has 11 aromatic rings. The lowest BCUT2D eigenvalue weighted by molar-refractivity contribution is 0.00578. The molecular formula is C72H65BBrF10IN14O10. The minimum Gasteiger partial charge on any atom is -0.478 e. The molecule has 1 saturated heterocycles. The summed E-state index contributed by atoms with van der Waals surface area (Å²) < 4.78 is 160. The molecule has 0 saturated carbocycles. The number of nitrogens with two attached hydrogens (primary N) is 4. The Hall–Kier alpha value is -11.3. The number of anilines is 4. The quantitative estimate of drug-likeness (QED) is 0.0222. The number of carboxylic acid groups (broad SMARTS) is 1. The molecule has 12 rings (SSSR count). The fourth-order valence-electron chi connectivity index (χ4n) is 10.2. The average molecular weight is 1690 g/mol. The van der Waals surface area contributed by atoms with E-state index in [0.717, 1.165) is 33.4 Å². The number of ether oxygens (including phenoxy) is 3. The second-order valence-electron chi connectivity index (χ2n) is 24.3. The molecule has 570 valence electrons. The number of hydrogen-bond acceptors (Lipinski definition) is 20. The molecule has 0 spiro atoms. The number of benzene rings is 4. The molecule has 0 amide bonds. The number of aromatic carboxylic acids is 1. The van der Waals surface area contributed by atoms with Crippen LogP contribution >= 0.6 is 38.5 Å². The van der Waals surface area contributed by atoms with Crippen LogP contribution in [-0.2, 0) is 23.5 Å². The van der Waals surface area contributed by atoms with Crippen LogP contribution in [0.4, 0.5) is 67.2 Å². The summed E-state index contributed by atoms with van der Waals surface area (Å²) in [4.78, 5) is 61.6. The van der Waals surface area contributed by atoms with Crippen molar-refractivity contribution in [3.63, 3.8) is 0 Å². The Balaban J connectivity index is 0.000000176. The van der Waals surface area contributed by atoms with Crippen LogP contribution < -0.4 is 28.4 Å². The van der Waals surface area contributed by atoms with E-state index in [4.69, 9.17) is 37.3 Å². The largest absolute Gasteiger partial charge is 0.496 e. The number of alkyl halides is 6. The molecular weight excluding hydrogens is 1630 g/mol. The third-order valence-corrected chi connectivity index (χ3v) is 18.2. The number of methoxy groups -OCH3 is 3. The summed E-state index contributed by atoms with van der Waals surface area (Å²) >= 11 is 5.24. The first kappa shape index (κ1) is 83.3. The molecule has 0 aliphatic carbocycles. The predicted molar refractivity (Wildman–Crippen MR) is 396 cm³/mol. The lowest BCUT2D eigenvalue weighted by Crippen LogP contribution is -2.41. The summed E-state index contributed by atoms with van der Waals surface area (Å²) in [7, 11) is 2.95. The summed E-state index contributed by atoms with van der Waals surface area (Å²) in [5.41, 5.74) is 29.1. The van der Waals surface area contributed by atoms with E-state index in [2.05, 4.69) is 65.4 Å². The maximum Gasteiger partial charge on any atom is 0.496 e. The third kappa shape index (κ3) is 19.7. The highest BCUT2D eigenvalue weighted by atomic mass is 127. The van der Waals surface area contributed by atoms with Crippen molar-refractivity contribution < 1.29 is 91.7 Å². The number of nitrogens with zero attached hydrogens (tertiary/aromatic N) is 10. The molecule has 1 aliphatic heterocycles. The van der Waals surface area contributed by atoms with Crippen molar-refractivity contribution in [3.05, 3.63) is 211 Å². The molecule has 0 radical (unpaired) electrons. The maximum atomic E-state index is 14.3. The van der Waals surface area contributed by atoms with Crippen LogP contribution in [0, 0.1) is 47.6 Å². The van der Waals surface area contributed by atoms with E-state index in [1.165, 1.54) is 87.7 Å². The number of nitrogen functional groups attached to an aromatic ring is 4. The number of carboxylic acids is 1. The van der Waals surface area contributed by atoms with E-state index in [-0.39, 0.29) is 40.0 Å². The van der Waals surface area contributed by atoms with E-state index in [9.17, 15) is 63.1 Å². The molecule has 0 atom stereocenters. The van der Waals surface area contributed by atoms with Crippen molar-refractivity contribution in [2.75, 3.05) is 44.3 Å². The molecule has 8 heterocycles. The van der Waals surface area contributed by atoms with Gasteiger partial charge in [-0.3, -0.25) is 0 Å². The van der Waals surface area contributed by atoms with Gasteiger partial charge in [-0.05, 0) is 182 Å². The number of esters is 3. The van der Waals surface area contributed by atoms with Crippen LogP contribution in [0.3, 0.4) is 0 Å². The second kappa shape index (κ2) is 35.2. The summed E-state index contributed by atoms with van der Waals surface area (Å²) in [5.74, 6) is -5.94. The number of carbonyl (C=O) groups excluding carboxylic acids is 3. The summed E-state index contributed by atoms with van der Waals surface area (Å²) in [5, 5.41) is 20.0. The molecule has 4 aromatic carbocycles. The lowest BCUT2D eigenvalue weighted by atomic mass is 9.79. The molecule has 7 aromatic heterocycles. The van der Waals surface area contributed by atoms with E-state index < -0.39 is 90.7 Å². The average Bonchev–Trinajstić information content (AvgIpc) is 1.62. The van der Waals surface area contributed by atoms with E-state index in [0.29, 0.717) is 103 Å². The summed E-state index contributed by atoms with van der Waals surface area (Å²) in [6, 6.07) is 22.5. The smallest absolute Gasteiger partial charge is 0.478 e. The molecule has 0 bridgehead atoms. The zero-order chi connectivity index (χ0) is 80.4. The van der Waals surface area contributed by atoms with Crippen LogP contribution in [0.5, 0.6) is 0 Å². The summed E-state index contributed by atoms with van der Waals surface area (Å²) in [6.45, 7) is 4.63. The Morgan fingerprint density at radius 1 is 0.459 bits per heavy atom. The zero-order valence-corrected chi connectivity index (χ0v) is 62.8. The zero-order valence-electron chi connectivity index (χ0n) is 59.0. The minimum absolute atomic E-state index is 0.0927. The number of hydrogen-bond donors (Lipinski definition) is 5. The Bertz CT molecular complexity index is 5190. The highest BCUT2D eigenvalue weighted by Crippen LogP contribution is 2.39. The van der Waals surface area contributed by atoms with E-state index >= 15 is 0 Å². The first-order valence-electron chi connectivity index (χ1n) is 31.7. The molecule has 9 N–H and O–H groups in total. The number of halogens is 12. The maximum absolute atomic E-state index is 14.3. The third-order valence-electron chi connectivity index (χ3n) is 16.7. The standard InChI is InChI=1S/C19H22BFN2O4.C18H15F3N4O2.C17H13F3N4O2.C13H10BrFN2O2.C5H5F2IN2/c1-18(2)19(3,4)27-20(26-18)12-9-14(16(22)23-10-12)11-6-7-13(15(21)8-11)17(24)25-5;1-9-14(8-25(24-9)18(20)21)11-5-13(16(22)23-7-11)10-3-4-12(15(19)6-10)17(26)27-2;1-8-13(7-24(23-8)17(19)20)10-4-12(15(21)22-6-10)9-2-3-11(16(25)26)14(18)5-9;1-19-13(18)9-3-2-7(4-11(9)15)10-5-8(14)6-17-12(10)16;1-3-4(8)2-10(9-3)5(6)7/h6-10H,1-5H3,(H2,22,23);3-8,18H,1-2H3,(H2,22,23);2-7,17H,1H3,(H2,21,22)(H,25,26);2-6H,1H3,(H2,16,17);2,5H,1H3. The first-order valence-corrected chi connectivity index (χ1v) is 33.5. The van der Waals surface area contributed by atoms with Gasteiger partial charge in [0, 0.05) is 97.8 Å². The SMILES string of the molecule is COC(=O)c1ccc(-c2cc(-c3cn(C(F)F)nc3C)cnc2N)cc1F.COC(=O)c1ccc(-c2cc(B3OC(C)(C)C(C)(C)O3)cnc2N)cc1F.COC(=O)c1ccc(-c2cc(Br)cnc2N)cc1F.Cc1nn(C(F)F)cc1-c1cnc(N)c(-c2ccc(C(=O)O)c(F)c2)c1.Cc1nn(C(F)F)cc1I. The highest BCUT2D eigenvalue weighted by molar-refractivity contribution is 14.1. The number of aromatic nitrogens is 10. The fourth-order valence-corrected chi connectivity index (χ4v) is 11.0. The molecule has 0 unspecified atom stereocenters. The highest BCUT2D eigenvalue weighted by Gasteiger charge is 2.52. The van der Waals surface area contributed by atoms with Crippen LogP contribution in [-0.4, -0.2) is 118 Å². The van der Waals surface area contributed by atoms with Crippen molar-refractivity contribution in [2.24, 2.45) is 0 Å². The van der Waals surface area contributed by atoms with Crippen molar-refractivity contribution in [2.45, 2.75) is 79.3 Å². The second-order valence-corrected chi connectivity index (χ2v) is 26.4. The lowest BCUT2D eigenvalue weighted by Gasteiger charge is -2.32. The van der Waals surface area contributed by atoms with Crippen molar-refractivity contribution in [3.8, 4) is 66.8 Å². The van der Waals surface area contributed by atoms with Crippen LogP contribution in [0.25, 0.3) is 66.8 Å². The Morgan fingerprint density at radius 2 is 0.771 bits per heavy atom. The van der Waals surface area contributed by atoms with Gasteiger partial charge in [0.2, 0.25) is 0 Å². The van der Waals surface area contributed by atoms with Crippen molar-refractivity contribution in [1.29, 1.82) is 0 Å².